The lowest BCUT2D eigenvalue weighted by Crippen LogP contribution is -2.44. The van der Waals surface area contributed by atoms with Crippen LogP contribution >= 0.6 is 37.2 Å². The number of likely N-dealkylation sites (N-methyl/N-ethyl adjacent to an activating group) is 1. The molecule has 3 heterocycles. The highest BCUT2D eigenvalue weighted by atomic mass is 35.5. The number of carbonyl (C=O) groups excluding carboxylic acids is 1. The fourth-order valence-electron chi connectivity index (χ4n) is 5.20. The summed E-state index contributed by atoms with van der Waals surface area (Å²) in [5, 5.41) is 6.08. The van der Waals surface area contributed by atoms with Crippen molar-refractivity contribution in [2.24, 2.45) is 0 Å². The molecule has 3 aromatic rings. The number of hydrogen-bond donors (Lipinski definition) is 3. The summed E-state index contributed by atoms with van der Waals surface area (Å²) in [6.07, 6.45) is -4.03. The molecule has 0 atom stereocenters. The summed E-state index contributed by atoms with van der Waals surface area (Å²) in [5.74, 6) is -0.941. The van der Waals surface area contributed by atoms with E-state index in [4.69, 9.17) is 0 Å². The monoisotopic (exact) mass is 662 g/mol. The van der Waals surface area contributed by atoms with Gasteiger partial charge in [-0.3, -0.25) is 14.5 Å². The van der Waals surface area contributed by atoms with Crippen LogP contribution in [0.1, 0.15) is 21.5 Å². The van der Waals surface area contributed by atoms with E-state index in [1.165, 1.54) is 0 Å². The molecule has 0 aliphatic carbocycles. The summed E-state index contributed by atoms with van der Waals surface area (Å²) in [6, 6.07) is 14.3. The summed E-state index contributed by atoms with van der Waals surface area (Å²) in [6.45, 7) is 7.77. The van der Waals surface area contributed by atoms with Crippen LogP contribution in [0.2, 0.25) is 0 Å². The van der Waals surface area contributed by atoms with E-state index in [-0.39, 0.29) is 37.2 Å². The van der Waals surface area contributed by atoms with E-state index >= 15 is 0 Å². The van der Waals surface area contributed by atoms with Crippen LogP contribution in [0.15, 0.2) is 59.5 Å². The highest BCUT2D eigenvalue weighted by molar-refractivity contribution is 6.07. The Labute approximate surface area is 267 Å². The Hall–Kier alpha value is -2.80. The smallest absolute Gasteiger partial charge is 0.367 e. The molecule has 0 spiro atoms. The van der Waals surface area contributed by atoms with Crippen molar-refractivity contribution in [1.29, 1.82) is 0 Å². The van der Waals surface area contributed by atoms with Crippen molar-refractivity contribution in [1.82, 2.24) is 20.1 Å². The first-order valence-electron chi connectivity index (χ1n) is 13.4. The largest absolute Gasteiger partial charge is 0.417 e. The van der Waals surface area contributed by atoms with Crippen molar-refractivity contribution in [3.05, 3.63) is 81.8 Å². The Morgan fingerprint density at radius 3 is 2.26 bits per heavy atom. The molecular weight excluding hydrogens is 628 g/mol. The molecular formula is C29H36Cl3F3N6O2. The minimum Gasteiger partial charge on any atom is -0.367 e. The zero-order valence-electron chi connectivity index (χ0n) is 23.6. The van der Waals surface area contributed by atoms with E-state index in [9.17, 15) is 22.8 Å². The summed E-state index contributed by atoms with van der Waals surface area (Å²) < 4.78 is 41.0. The SMILES string of the molecule is CN1CCN(c2ccc(-c3cccc(CN4CCNCC4)c3)cc2NC(=O)c2c[nH]c(=O)cc2C(F)(F)F)CC1.Cl.Cl.Cl. The van der Waals surface area contributed by atoms with E-state index in [2.05, 4.69) is 42.5 Å². The van der Waals surface area contributed by atoms with Crippen LogP contribution in [0.25, 0.3) is 11.1 Å². The normalized spacial score (nSPS) is 16.0. The molecule has 236 valence electrons. The number of alkyl halides is 3. The summed E-state index contributed by atoms with van der Waals surface area (Å²) >= 11 is 0. The molecule has 2 aliphatic rings. The maximum Gasteiger partial charge on any atom is 0.417 e. The molecule has 43 heavy (non-hydrogen) atoms. The van der Waals surface area contributed by atoms with Gasteiger partial charge in [-0.25, -0.2) is 0 Å². The maximum absolute atomic E-state index is 13.7. The van der Waals surface area contributed by atoms with Crippen molar-refractivity contribution in [3.63, 3.8) is 0 Å². The van der Waals surface area contributed by atoms with E-state index in [0.717, 1.165) is 74.4 Å². The van der Waals surface area contributed by atoms with Crippen LogP contribution in [-0.4, -0.2) is 80.1 Å². The lowest BCUT2D eigenvalue weighted by Gasteiger charge is -2.35. The van der Waals surface area contributed by atoms with Crippen LogP contribution in [0.5, 0.6) is 0 Å². The Balaban J connectivity index is 0.00000215. The van der Waals surface area contributed by atoms with Crippen LogP contribution in [0.4, 0.5) is 24.5 Å². The van der Waals surface area contributed by atoms with Gasteiger partial charge in [0.15, 0.2) is 0 Å². The number of rotatable bonds is 6. The number of aromatic nitrogens is 1. The molecule has 1 aromatic heterocycles. The van der Waals surface area contributed by atoms with Gasteiger partial charge in [-0.2, -0.15) is 13.2 Å². The number of nitrogens with one attached hydrogen (secondary N) is 3. The summed E-state index contributed by atoms with van der Waals surface area (Å²) in [5.41, 5.74) is 1.27. The van der Waals surface area contributed by atoms with Gasteiger partial charge in [-0.15, -0.1) is 37.2 Å². The van der Waals surface area contributed by atoms with Crippen molar-refractivity contribution in [3.8, 4) is 11.1 Å². The molecule has 2 saturated heterocycles. The minimum atomic E-state index is -4.85. The number of benzene rings is 2. The molecule has 0 radical (unpaired) electrons. The number of nitrogens with zero attached hydrogens (tertiary/aromatic N) is 3. The molecule has 14 heteroatoms. The number of halogens is 6. The molecule has 0 bridgehead atoms. The molecule has 1 amide bonds. The van der Waals surface area contributed by atoms with Crippen LogP contribution < -0.4 is 21.1 Å². The molecule has 2 fully saturated rings. The van der Waals surface area contributed by atoms with Gasteiger partial charge in [0.2, 0.25) is 5.56 Å². The van der Waals surface area contributed by atoms with E-state index in [0.29, 0.717) is 24.8 Å². The number of aromatic amines is 1. The number of pyridine rings is 1. The third-order valence-electron chi connectivity index (χ3n) is 7.44. The molecule has 0 unspecified atom stereocenters. The first-order chi connectivity index (χ1) is 19.2. The fraction of sp³-hybridized carbons (Fsp3) is 0.379. The van der Waals surface area contributed by atoms with Gasteiger partial charge in [0.1, 0.15) is 0 Å². The first kappa shape index (κ1) is 36.4. The molecule has 3 N–H and O–H groups in total. The highest BCUT2D eigenvalue weighted by Gasteiger charge is 2.36. The van der Waals surface area contributed by atoms with Gasteiger partial charge in [0, 0.05) is 71.2 Å². The van der Waals surface area contributed by atoms with Gasteiger partial charge >= 0.3 is 6.18 Å². The Morgan fingerprint density at radius 1 is 0.907 bits per heavy atom. The number of hydrogen-bond acceptors (Lipinski definition) is 6. The van der Waals surface area contributed by atoms with Crippen molar-refractivity contribution in [2.75, 3.05) is 69.6 Å². The minimum absolute atomic E-state index is 0. The van der Waals surface area contributed by atoms with Gasteiger partial charge < -0.3 is 25.4 Å². The van der Waals surface area contributed by atoms with Gasteiger partial charge in [-0.1, -0.05) is 24.3 Å². The third-order valence-corrected chi connectivity index (χ3v) is 7.44. The fourth-order valence-corrected chi connectivity index (χ4v) is 5.20. The predicted octanol–water partition coefficient (Wildman–Crippen LogP) is 4.74. The first-order valence-corrected chi connectivity index (χ1v) is 13.4. The third kappa shape index (κ3) is 9.10. The number of amides is 1. The number of H-pyrrole nitrogens is 1. The maximum atomic E-state index is 13.7. The standard InChI is InChI=1S/C29H33F3N6O2.3ClH/c1-36-11-13-38(14-12-36)26-6-5-22(21-4-2-3-20(15-21)19-37-9-7-33-8-10-37)16-25(26)35-28(40)23-18-34-27(39)17-24(23)29(30,31)32;;;/h2-6,15-18,33H,7-14,19H2,1H3,(H,34,39)(H,35,40);3*1H. The molecule has 2 aliphatic heterocycles. The van der Waals surface area contributed by atoms with Crippen LogP contribution in [-0.2, 0) is 12.7 Å². The van der Waals surface area contributed by atoms with Crippen molar-refractivity contribution >= 4 is 54.5 Å². The predicted molar refractivity (Wildman–Crippen MR) is 171 cm³/mol. The average molecular weight is 664 g/mol. The van der Waals surface area contributed by atoms with E-state index in [1.807, 2.05) is 37.4 Å². The molecule has 5 rings (SSSR count). The highest BCUT2D eigenvalue weighted by Crippen LogP contribution is 2.35. The number of anilines is 2. The quantitative estimate of drug-likeness (QED) is 0.354. The Morgan fingerprint density at radius 2 is 1.58 bits per heavy atom. The second-order valence-corrected chi connectivity index (χ2v) is 10.3. The van der Waals surface area contributed by atoms with Crippen LogP contribution in [0, 0.1) is 0 Å². The lowest BCUT2D eigenvalue weighted by atomic mass is 10.0. The zero-order valence-corrected chi connectivity index (χ0v) is 26.0. The molecule has 0 saturated carbocycles. The van der Waals surface area contributed by atoms with E-state index < -0.39 is 28.8 Å². The van der Waals surface area contributed by atoms with E-state index in [1.54, 1.807) is 0 Å². The summed E-state index contributed by atoms with van der Waals surface area (Å²) in [7, 11) is 2.03. The number of piperazine rings is 2. The molecule has 8 nitrogen and oxygen atoms in total. The van der Waals surface area contributed by atoms with Crippen molar-refractivity contribution < 1.29 is 18.0 Å². The van der Waals surface area contributed by atoms with Gasteiger partial charge in [0.05, 0.1) is 22.5 Å². The number of carbonyl (C=O) groups is 1. The van der Waals surface area contributed by atoms with Crippen LogP contribution in [0.3, 0.4) is 0 Å². The average Bonchev–Trinajstić information content (AvgIpc) is 2.94. The van der Waals surface area contributed by atoms with Crippen molar-refractivity contribution in [2.45, 2.75) is 12.7 Å². The van der Waals surface area contributed by atoms with Gasteiger partial charge in [0.25, 0.3) is 5.91 Å². The molecule has 2 aromatic carbocycles. The Kier molecular flexibility index (Phi) is 13.4. The Bertz CT molecular complexity index is 1430. The second kappa shape index (κ2) is 15.8. The van der Waals surface area contributed by atoms with Gasteiger partial charge in [-0.05, 0) is 41.9 Å². The second-order valence-electron chi connectivity index (χ2n) is 10.3. The summed E-state index contributed by atoms with van der Waals surface area (Å²) in [4.78, 5) is 33.7. The lowest BCUT2D eigenvalue weighted by molar-refractivity contribution is -0.138. The topological polar surface area (TPSA) is 83.7 Å². The zero-order chi connectivity index (χ0) is 28.3.